The average Bonchev–Trinajstić information content (AvgIpc) is 3.04. The van der Waals surface area contributed by atoms with Crippen molar-refractivity contribution in [2.24, 2.45) is 0 Å². The summed E-state index contributed by atoms with van der Waals surface area (Å²) in [4.78, 5) is 28.1. The number of anilines is 1. The Hall–Kier alpha value is -2.40. The van der Waals surface area contributed by atoms with E-state index in [-0.39, 0.29) is 11.6 Å². The van der Waals surface area contributed by atoms with Gasteiger partial charge in [0.05, 0.1) is 12.1 Å². The first-order chi connectivity index (χ1) is 12.0. The first kappa shape index (κ1) is 17.4. The highest BCUT2D eigenvalue weighted by atomic mass is 35.5. The molecular weight excluding hydrogens is 340 g/mol. The van der Waals surface area contributed by atoms with Crippen LogP contribution in [-0.4, -0.2) is 23.0 Å². The molecule has 2 aromatic rings. The van der Waals surface area contributed by atoms with Gasteiger partial charge in [-0.1, -0.05) is 29.8 Å². The molecule has 0 radical (unpaired) electrons. The molecule has 0 fully saturated rings. The number of hydrogen-bond donors (Lipinski definition) is 1. The molecule has 1 aromatic carbocycles. The van der Waals surface area contributed by atoms with E-state index in [1.54, 1.807) is 12.1 Å². The zero-order valence-electron chi connectivity index (χ0n) is 13.9. The molecule has 1 amide bonds. The number of aryl methyl sites for hydroxylation is 2. The number of aromatic nitrogens is 1. The highest BCUT2D eigenvalue weighted by Crippen LogP contribution is 2.23. The summed E-state index contributed by atoms with van der Waals surface area (Å²) in [5.74, 6) is -0.880. The van der Waals surface area contributed by atoms with E-state index < -0.39 is 18.0 Å². The van der Waals surface area contributed by atoms with Gasteiger partial charge in [-0.25, -0.2) is 4.98 Å². The number of halogens is 1. The van der Waals surface area contributed by atoms with Gasteiger partial charge in [0.15, 0.2) is 11.3 Å². The first-order valence-electron chi connectivity index (χ1n) is 8.24. The van der Waals surface area contributed by atoms with Crippen molar-refractivity contribution in [1.29, 1.82) is 0 Å². The molecule has 1 N–H and O–H groups in total. The highest BCUT2D eigenvalue weighted by molar-refractivity contribution is 6.32. The van der Waals surface area contributed by atoms with Crippen LogP contribution in [0.3, 0.4) is 0 Å². The quantitative estimate of drug-likeness (QED) is 0.657. The second kappa shape index (κ2) is 7.66. The Morgan fingerprint density at radius 1 is 1.28 bits per heavy atom. The predicted molar refractivity (Wildman–Crippen MR) is 95.6 cm³/mol. The van der Waals surface area contributed by atoms with Crippen molar-refractivity contribution in [3.63, 3.8) is 0 Å². The van der Waals surface area contributed by atoms with E-state index in [0.29, 0.717) is 5.69 Å². The van der Waals surface area contributed by atoms with E-state index in [2.05, 4.69) is 22.4 Å². The van der Waals surface area contributed by atoms with Gasteiger partial charge in [-0.15, -0.1) is 0 Å². The van der Waals surface area contributed by atoms with Gasteiger partial charge in [-0.05, 0) is 55.0 Å². The molecule has 0 spiro atoms. The van der Waals surface area contributed by atoms with Crippen LogP contribution in [0.15, 0.2) is 36.5 Å². The minimum Gasteiger partial charge on any atom is -0.452 e. The molecule has 1 aliphatic carbocycles. The molecule has 0 saturated carbocycles. The maximum atomic E-state index is 12.1. The van der Waals surface area contributed by atoms with Gasteiger partial charge in [0, 0.05) is 6.20 Å². The van der Waals surface area contributed by atoms with Gasteiger partial charge >= 0.3 is 5.97 Å². The Balaban J connectivity index is 1.55. The number of nitrogens with one attached hydrogen (secondary N) is 1. The summed E-state index contributed by atoms with van der Waals surface area (Å²) in [6, 6.07) is 9.37. The Morgan fingerprint density at radius 3 is 2.88 bits per heavy atom. The van der Waals surface area contributed by atoms with Crippen molar-refractivity contribution < 1.29 is 14.3 Å². The van der Waals surface area contributed by atoms with Crippen LogP contribution in [0.1, 0.15) is 30.0 Å². The molecule has 1 atom stereocenters. The number of hydrogen-bond acceptors (Lipinski definition) is 4. The molecule has 1 aromatic heterocycles. The summed E-state index contributed by atoms with van der Waals surface area (Å²) in [6.07, 6.45) is 4.09. The molecule has 1 heterocycles. The standard InChI is InChI=1S/C19H19ClN2O3/c1-12(19(24)22-16-6-3-9-21-18(16)20)25-17(23)11-13-7-8-14-4-2-5-15(14)10-13/h3,6-10,12H,2,4-5,11H2,1H3,(H,22,24)/t12-/m1/s1. The Kier molecular flexibility index (Phi) is 5.34. The number of fused-ring (bicyclic) bond motifs is 1. The maximum Gasteiger partial charge on any atom is 0.311 e. The van der Waals surface area contributed by atoms with Crippen molar-refractivity contribution in [1.82, 2.24) is 4.98 Å². The van der Waals surface area contributed by atoms with Crippen LogP contribution in [0.25, 0.3) is 0 Å². The van der Waals surface area contributed by atoms with Gasteiger partial charge < -0.3 is 10.1 Å². The Bertz CT molecular complexity index is 807. The molecular formula is C19H19ClN2O3. The van der Waals surface area contributed by atoms with Crippen LogP contribution in [0.5, 0.6) is 0 Å². The molecule has 5 nitrogen and oxygen atoms in total. The lowest BCUT2D eigenvalue weighted by Crippen LogP contribution is -2.30. The van der Waals surface area contributed by atoms with Gasteiger partial charge in [-0.3, -0.25) is 9.59 Å². The van der Waals surface area contributed by atoms with E-state index in [0.717, 1.165) is 24.8 Å². The highest BCUT2D eigenvalue weighted by Gasteiger charge is 2.20. The van der Waals surface area contributed by atoms with E-state index >= 15 is 0 Å². The van der Waals surface area contributed by atoms with E-state index in [9.17, 15) is 9.59 Å². The van der Waals surface area contributed by atoms with Crippen LogP contribution in [0.4, 0.5) is 5.69 Å². The van der Waals surface area contributed by atoms with Gasteiger partial charge in [0.1, 0.15) is 0 Å². The molecule has 130 valence electrons. The normalized spacial score (nSPS) is 13.8. The smallest absolute Gasteiger partial charge is 0.311 e. The van der Waals surface area contributed by atoms with Crippen LogP contribution in [0, 0.1) is 0 Å². The summed E-state index contributed by atoms with van der Waals surface area (Å²) < 4.78 is 5.23. The third kappa shape index (κ3) is 4.37. The lowest BCUT2D eigenvalue weighted by atomic mass is 10.0. The first-order valence-corrected chi connectivity index (χ1v) is 8.62. The second-order valence-electron chi connectivity index (χ2n) is 6.10. The molecule has 0 unspecified atom stereocenters. The van der Waals surface area contributed by atoms with Crippen LogP contribution in [-0.2, 0) is 33.6 Å². The fourth-order valence-corrected chi connectivity index (χ4v) is 3.07. The summed E-state index contributed by atoms with van der Waals surface area (Å²) >= 11 is 5.90. The number of ether oxygens (including phenoxy) is 1. The van der Waals surface area contributed by atoms with Gasteiger partial charge in [-0.2, -0.15) is 0 Å². The molecule has 0 saturated heterocycles. The molecule has 3 rings (SSSR count). The fourth-order valence-electron chi connectivity index (χ4n) is 2.91. The topological polar surface area (TPSA) is 68.3 Å². The fraction of sp³-hybridized carbons (Fsp3) is 0.316. The van der Waals surface area contributed by atoms with Crippen LogP contribution < -0.4 is 5.32 Å². The zero-order valence-corrected chi connectivity index (χ0v) is 14.7. The summed E-state index contributed by atoms with van der Waals surface area (Å²) in [7, 11) is 0. The van der Waals surface area contributed by atoms with Crippen molar-refractivity contribution in [3.05, 3.63) is 58.4 Å². The Morgan fingerprint density at radius 2 is 2.08 bits per heavy atom. The monoisotopic (exact) mass is 358 g/mol. The largest absolute Gasteiger partial charge is 0.452 e. The molecule has 1 aliphatic rings. The number of benzene rings is 1. The van der Waals surface area contributed by atoms with Gasteiger partial charge in [0.2, 0.25) is 0 Å². The van der Waals surface area contributed by atoms with Crippen LogP contribution in [0.2, 0.25) is 5.15 Å². The summed E-state index contributed by atoms with van der Waals surface area (Å²) in [5.41, 5.74) is 3.96. The van der Waals surface area contributed by atoms with Crippen molar-refractivity contribution in [3.8, 4) is 0 Å². The second-order valence-corrected chi connectivity index (χ2v) is 6.45. The van der Waals surface area contributed by atoms with Crippen molar-refractivity contribution >= 4 is 29.2 Å². The van der Waals surface area contributed by atoms with Crippen molar-refractivity contribution in [2.75, 3.05) is 5.32 Å². The lowest BCUT2D eigenvalue weighted by molar-refractivity contribution is -0.152. The summed E-state index contributed by atoms with van der Waals surface area (Å²) in [5, 5.41) is 2.79. The van der Waals surface area contributed by atoms with E-state index in [4.69, 9.17) is 16.3 Å². The van der Waals surface area contributed by atoms with Crippen molar-refractivity contribution in [2.45, 2.75) is 38.7 Å². The number of carbonyl (C=O) groups excluding carboxylic acids is 2. The maximum absolute atomic E-state index is 12.1. The molecule has 6 heteroatoms. The zero-order chi connectivity index (χ0) is 17.8. The SMILES string of the molecule is C[C@@H](OC(=O)Cc1ccc2c(c1)CCC2)C(=O)Nc1cccnc1Cl. The number of esters is 1. The summed E-state index contributed by atoms with van der Waals surface area (Å²) in [6.45, 7) is 1.53. The number of amides is 1. The predicted octanol–water partition coefficient (Wildman–Crippen LogP) is 3.34. The average molecular weight is 359 g/mol. The minimum atomic E-state index is -0.918. The number of nitrogens with zero attached hydrogens (tertiary/aromatic N) is 1. The number of pyridine rings is 1. The Labute approximate surface area is 151 Å². The molecule has 25 heavy (non-hydrogen) atoms. The van der Waals surface area contributed by atoms with Gasteiger partial charge in [0.25, 0.3) is 5.91 Å². The van der Waals surface area contributed by atoms with E-state index in [1.807, 2.05) is 6.07 Å². The third-order valence-corrected chi connectivity index (χ3v) is 4.51. The molecule has 0 aliphatic heterocycles. The number of rotatable bonds is 5. The number of carbonyl (C=O) groups is 2. The lowest BCUT2D eigenvalue weighted by Gasteiger charge is -2.14. The molecule has 0 bridgehead atoms. The van der Waals surface area contributed by atoms with E-state index in [1.165, 1.54) is 24.2 Å². The minimum absolute atomic E-state index is 0.151. The third-order valence-electron chi connectivity index (χ3n) is 4.21. The van der Waals surface area contributed by atoms with Crippen LogP contribution >= 0.6 is 11.6 Å².